The first-order valence-corrected chi connectivity index (χ1v) is 11.5. The van der Waals surface area contributed by atoms with Crippen LogP contribution in [0.25, 0.3) is 0 Å². The van der Waals surface area contributed by atoms with Crippen LogP contribution in [0.2, 0.25) is 5.02 Å². The Morgan fingerprint density at radius 2 is 1.65 bits per heavy atom. The summed E-state index contributed by atoms with van der Waals surface area (Å²) in [7, 11) is 1.60. The zero-order chi connectivity index (χ0) is 24.3. The van der Waals surface area contributed by atoms with Crippen LogP contribution >= 0.6 is 11.6 Å². The van der Waals surface area contributed by atoms with Gasteiger partial charge in [0.25, 0.3) is 5.91 Å². The summed E-state index contributed by atoms with van der Waals surface area (Å²) in [6.45, 7) is 2.45. The number of halogens is 1. The Labute approximate surface area is 205 Å². The molecule has 0 radical (unpaired) electrons. The van der Waals surface area contributed by atoms with Gasteiger partial charge in [-0.1, -0.05) is 73.1 Å². The Morgan fingerprint density at radius 1 is 0.971 bits per heavy atom. The molecule has 0 aliphatic heterocycles. The first-order chi connectivity index (χ1) is 16.5. The Bertz CT molecular complexity index is 1070. The lowest BCUT2D eigenvalue weighted by atomic mass is 10.0. The summed E-state index contributed by atoms with van der Waals surface area (Å²) >= 11 is 6.19. The quantitative estimate of drug-likeness (QED) is 0.418. The molecule has 1 N–H and O–H groups in total. The van der Waals surface area contributed by atoms with Gasteiger partial charge in [0.15, 0.2) is 6.61 Å². The number of carbonyl (C=O) groups excluding carboxylic acids is 2. The molecule has 7 heteroatoms. The van der Waals surface area contributed by atoms with E-state index in [0.717, 1.165) is 17.5 Å². The summed E-state index contributed by atoms with van der Waals surface area (Å²) < 4.78 is 11.0. The van der Waals surface area contributed by atoms with Gasteiger partial charge < -0.3 is 19.7 Å². The maximum absolute atomic E-state index is 13.5. The van der Waals surface area contributed by atoms with E-state index in [-0.39, 0.29) is 25.0 Å². The van der Waals surface area contributed by atoms with Crippen LogP contribution in [-0.2, 0) is 16.1 Å². The topological polar surface area (TPSA) is 67.9 Å². The first kappa shape index (κ1) is 25.1. The van der Waals surface area contributed by atoms with Crippen LogP contribution in [0, 0.1) is 0 Å². The van der Waals surface area contributed by atoms with Crippen LogP contribution in [-0.4, -0.2) is 37.0 Å². The standard InChI is InChI=1S/C27H29ClN2O4/c1-3-17-29-27(32)26(21-9-5-4-6-10-21)30(18-20-13-15-22(33-2)16-14-20)25(31)19-34-24-12-8-7-11-23(24)28/h4-16,26H,3,17-19H2,1-2H3,(H,29,32)/t26-/m0/s1. The lowest BCUT2D eigenvalue weighted by molar-refractivity contribution is -0.143. The van der Waals surface area contributed by atoms with E-state index in [4.69, 9.17) is 21.1 Å². The molecule has 0 unspecified atom stereocenters. The zero-order valence-electron chi connectivity index (χ0n) is 19.4. The van der Waals surface area contributed by atoms with Crippen molar-refractivity contribution in [1.82, 2.24) is 10.2 Å². The van der Waals surface area contributed by atoms with Gasteiger partial charge in [-0.25, -0.2) is 0 Å². The van der Waals surface area contributed by atoms with E-state index in [2.05, 4.69) is 5.32 Å². The number of amides is 2. The van der Waals surface area contributed by atoms with Gasteiger partial charge >= 0.3 is 0 Å². The maximum atomic E-state index is 13.5. The van der Waals surface area contributed by atoms with E-state index in [1.165, 1.54) is 0 Å². The highest BCUT2D eigenvalue weighted by Gasteiger charge is 2.31. The molecule has 0 saturated heterocycles. The molecule has 1 atom stereocenters. The minimum atomic E-state index is -0.822. The van der Waals surface area contributed by atoms with Gasteiger partial charge in [-0.15, -0.1) is 0 Å². The average molecular weight is 481 g/mol. The normalized spacial score (nSPS) is 11.4. The van der Waals surface area contributed by atoms with Crippen molar-refractivity contribution in [2.24, 2.45) is 0 Å². The molecular formula is C27H29ClN2O4. The van der Waals surface area contributed by atoms with Crippen molar-refractivity contribution in [2.75, 3.05) is 20.3 Å². The van der Waals surface area contributed by atoms with Gasteiger partial charge in [0, 0.05) is 13.1 Å². The molecule has 0 aliphatic carbocycles. The van der Waals surface area contributed by atoms with E-state index in [0.29, 0.717) is 23.1 Å². The maximum Gasteiger partial charge on any atom is 0.261 e. The van der Waals surface area contributed by atoms with Crippen molar-refractivity contribution in [3.8, 4) is 11.5 Å². The number of carbonyl (C=O) groups is 2. The lowest BCUT2D eigenvalue weighted by Crippen LogP contribution is -2.45. The van der Waals surface area contributed by atoms with E-state index >= 15 is 0 Å². The molecule has 0 aromatic heterocycles. The molecule has 0 heterocycles. The highest BCUT2D eigenvalue weighted by Crippen LogP contribution is 2.26. The second-order valence-corrected chi connectivity index (χ2v) is 8.10. The highest BCUT2D eigenvalue weighted by atomic mass is 35.5. The molecule has 6 nitrogen and oxygen atoms in total. The summed E-state index contributed by atoms with van der Waals surface area (Å²) in [4.78, 5) is 28.3. The molecule has 0 saturated carbocycles. The van der Waals surface area contributed by atoms with Crippen molar-refractivity contribution in [2.45, 2.75) is 25.9 Å². The van der Waals surface area contributed by atoms with Gasteiger partial charge in [0.2, 0.25) is 5.91 Å². The van der Waals surface area contributed by atoms with Gasteiger partial charge in [-0.3, -0.25) is 9.59 Å². The summed E-state index contributed by atoms with van der Waals surface area (Å²) in [6, 6.07) is 22.8. The number of benzene rings is 3. The van der Waals surface area contributed by atoms with Crippen LogP contribution in [0.15, 0.2) is 78.9 Å². The first-order valence-electron chi connectivity index (χ1n) is 11.2. The third kappa shape index (κ3) is 6.75. The Morgan fingerprint density at radius 3 is 2.29 bits per heavy atom. The van der Waals surface area contributed by atoms with Crippen molar-refractivity contribution in [3.05, 3.63) is 95.0 Å². The predicted octanol–water partition coefficient (Wildman–Crippen LogP) is 5.02. The third-order valence-corrected chi connectivity index (χ3v) is 5.56. The molecule has 0 fully saturated rings. The highest BCUT2D eigenvalue weighted by molar-refractivity contribution is 6.32. The summed E-state index contributed by atoms with van der Waals surface area (Å²) in [6.07, 6.45) is 0.787. The van der Waals surface area contributed by atoms with E-state index in [1.54, 1.807) is 36.3 Å². The van der Waals surface area contributed by atoms with Gasteiger partial charge in [-0.2, -0.15) is 0 Å². The van der Waals surface area contributed by atoms with Gasteiger partial charge in [-0.05, 0) is 41.8 Å². The summed E-state index contributed by atoms with van der Waals surface area (Å²) in [5.74, 6) is 0.543. The number of rotatable bonds is 11. The number of para-hydroxylation sites is 1. The molecule has 0 bridgehead atoms. The molecule has 3 rings (SSSR count). The molecule has 34 heavy (non-hydrogen) atoms. The lowest BCUT2D eigenvalue weighted by Gasteiger charge is -2.31. The largest absolute Gasteiger partial charge is 0.497 e. The number of nitrogens with one attached hydrogen (secondary N) is 1. The monoisotopic (exact) mass is 480 g/mol. The number of hydrogen-bond acceptors (Lipinski definition) is 4. The van der Waals surface area contributed by atoms with E-state index < -0.39 is 6.04 Å². The van der Waals surface area contributed by atoms with E-state index in [1.807, 2.05) is 61.5 Å². The minimum absolute atomic E-state index is 0.216. The Hall–Kier alpha value is -3.51. The second-order valence-electron chi connectivity index (χ2n) is 7.69. The van der Waals surface area contributed by atoms with Crippen molar-refractivity contribution in [3.63, 3.8) is 0 Å². The fourth-order valence-corrected chi connectivity index (χ4v) is 3.68. The van der Waals surface area contributed by atoms with Crippen molar-refractivity contribution >= 4 is 23.4 Å². The molecule has 0 aliphatic rings. The van der Waals surface area contributed by atoms with Gasteiger partial charge in [0.05, 0.1) is 12.1 Å². The smallest absolute Gasteiger partial charge is 0.261 e. The number of methoxy groups -OCH3 is 1. The molecule has 2 amide bonds. The van der Waals surface area contributed by atoms with Crippen LogP contribution in [0.1, 0.15) is 30.5 Å². The molecular weight excluding hydrogens is 452 g/mol. The van der Waals surface area contributed by atoms with Crippen LogP contribution in [0.5, 0.6) is 11.5 Å². The SMILES string of the molecule is CCCNC(=O)[C@H](c1ccccc1)N(Cc1ccc(OC)cc1)C(=O)COc1ccccc1Cl. The molecule has 178 valence electrons. The van der Waals surface area contributed by atoms with Crippen molar-refractivity contribution in [1.29, 1.82) is 0 Å². The number of hydrogen-bond donors (Lipinski definition) is 1. The molecule has 3 aromatic carbocycles. The van der Waals surface area contributed by atoms with E-state index in [9.17, 15) is 9.59 Å². The average Bonchev–Trinajstić information content (AvgIpc) is 2.87. The summed E-state index contributed by atoms with van der Waals surface area (Å²) in [5.41, 5.74) is 1.58. The Balaban J connectivity index is 1.93. The fourth-order valence-electron chi connectivity index (χ4n) is 3.49. The Kier molecular flexibility index (Phi) is 9.35. The van der Waals surface area contributed by atoms with Crippen LogP contribution in [0.4, 0.5) is 0 Å². The molecule has 0 spiro atoms. The van der Waals surface area contributed by atoms with Gasteiger partial charge in [0.1, 0.15) is 17.5 Å². The number of nitrogens with zero attached hydrogens (tertiary/aromatic N) is 1. The minimum Gasteiger partial charge on any atom is -0.497 e. The summed E-state index contributed by atoms with van der Waals surface area (Å²) in [5, 5.41) is 3.35. The predicted molar refractivity (Wildman–Crippen MR) is 133 cm³/mol. The van der Waals surface area contributed by atoms with Crippen molar-refractivity contribution < 1.29 is 19.1 Å². The molecule has 3 aromatic rings. The fraction of sp³-hybridized carbons (Fsp3) is 0.259. The van der Waals surface area contributed by atoms with Crippen LogP contribution < -0.4 is 14.8 Å². The third-order valence-electron chi connectivity index (χ3n) is 5.24. The second kappa shape index (κ2) is 12.7. The number of ether oxygens (including phenoxy) is 2. The van der Waals surface area contributed by atoms with Crippen LogP contribution in [0.3, 0.4) is 0 Å². The zero-order valence-corrected chi connectivity index (χ0v) is 20.1.